The van der Waals surface area contributed by atoms with Gasteiger partial charge < -0.3 is 20.2 Å². The second kappa shape index (κ2) is 16.0. The van der Waals surface area contributed by atoms with Crippen LogP contribution in [0.1, 0.15) is 52.2 Å². The smallest absolute Gasteiger partial charge is 0.244 e. The summed E-state index contributed by atoms with van der Waals surface area (Å²) in [4.78, 5) is 47.4. The molecule has 2 amide bonds. The average Bonchev–Trinajstić information content (AvgIpc) is 2.92. The van der Waals surface area contributed by atoms with E-state index in [1.807, 2.05) is 13.8 Å². The highest BCUT2D eigenvalue weighted by Crippen LogP contribution is 2.25. The summed E-state index contributed by atoms with van der Waals surface area (Å²) >= 11 is 1.56. The second-order valence-electron chi connectivity index (χ2n) is 10.3. The maximum absolute atomic E-state index is 13.0. The summed E-state index contributed by atoms with van der Waals surface area (Å²) in [5.41, 5.74) is 2.92. The zero-order chi connectivity index (χ0) is 29.8. The number of thioether (sulfide) groups is 1. The number of nitrogens with two attached hydrogens (primary N) is 1. The van der Waals surface area contributed by atoms with E-state index in [-0.39, 0.29) is 41.7 Å². The van der Waals surface area contributed by atoms with Gasteiger partial charge in [0, 0.05) is 22.1 Å². The summed E-state index contributed by atoms with van der Waals surface area (Å²) in [6.45, 7) is 13.3. The lowest BCUT2D eigenvalue weighted by molar-refractivity contribution is -0.130. The summed E-state index contributed by atoms with van der Waals surface area (Å²) < 4.78 is 5.41. The van der Waals surface area contributed by atoms with Crippen molar-refractivity contribution >= 4 is 35.3 Å². The van der Waals surface area contributed by atoms with Gasteiger partial charge in [0.05, 0.1) is 25.8 Å². The topological polar surface area (TPSA) is 132 Å². The number of Topliss-reactive ketones (excluding diaryl/α,β-unsaturated/α-hetero) is 1. The van der Waals surface area contributed by atoms with Crippen LogP contribution < -0.4 is 21.3 Å². The molecule has 40 heavy (non-hydrogen) atoms. The van der Waals surface area contributed by atoms with Crippen LogP contribution >= 0.6 is 11.8 Å². The number of ketones is 1. The Morgan fingerprint density at radius 3 is 2.50 bits per heavy atom. The average molecular weight is 571 g/mol. The molecule has 2 rings (SSSR count). The SMILES string of the molecule is C=C(C)/N=C(\ON)c1ccc(OC)c(CC(=O)N[C@H](C(=O)NCC(=O)CSC2C=CC(C(C)C)=CC2)C(C)C)c1. The Morgan fingerprint density at radius 2 is 1.95 bits per heavy atom. The number of methoxy groups -OCH3 is 1. The van der Waals surface area contributed by atoms with Crippen molar-refractivity contribution in [2.24, 2.45) is 22.7 Å². The number of rotatable bonds is 14. The van der Waals surface area contributed by atoms with Crippen LogP contribution in [0.2, 0.25) is 0 Å². The van der Waals surface area contributed by atoms with Crippen LogP contribution in [-0.2, 0) is 25.6 Å². The van der Waals surface area contributed by atoms with Crippen LogP contribution in [0.15, 0.2) is 59.3 Å². The molecule has 10 heteroatoms. The molecule has 1 aromatic rings. The van der Waals surface area contributed by atoms with E-state index >= 15 is 0 Å². The summed E-state index contributed by atoms with van der Waals surface area (Å²) in [5, 5.41) is 5.73. The number of ether oxygens (including phenoxy) is 1. The molecule has 218 valence electrons. The molecule has 0 spiro atoms. The molecule has 0 aromatic heterocycles. The predicted octanol–water partition coefficient (Wildman–Crippen LogP) is 3.88. The first-order valence-corrected chi connectivity index (χ1v) is 14.4. The van der Waals surface area contributed by atoms with Crippen molar-refractivity contribution in [2.75, 3.05) is 19.4 Å². The van der Waals surface area contributed by atoms with Crippen molar-refractivity contribution in [3.8, 4) is 5.75 Å². The summed E-state index contributed by atoms with van der Waals surface area (Å²) in [5.74, 6) is 5.74. The van der Waals surface area contributed by atoms with E-state index in [9.17, 15) is 14.4 Å². The van der Waals surface area contributed by atoms with Gasteiger partial charge in [0.15, 0.2) is 5.78 Å². The largest absolute Gasteiger partial charge is 0.496 e. The van der Waals surface area contributed by atoms with Crippen molar-refractivity contribution in [3.05, 3.63) is 65.4 Å². The van der Waals surface area contributed by atoms with Gasteiger partial charge in [-0.15, -0.1) is 11.8 Å². The van der Waals surface area contributed by atoms with Gasteiger partial charge in [-0.1, -0.05) is 52.5 Å². The fraction of sp³-hybridized carbons (Fsp3) is 0.467. The van der Waals surface area contributed by atoms with E-state index in [4.69, 9.17) is 15.5 Å². The lowest BCUT2D eigenvalue weighted by atomic mass is 9.97. The van der Waals surface area contributed by atoms with Crippen LogP contribution in [0.5, 0.6) is 5.75 Å². The van der Waals surface area contributed by atoms with Crippen LogP contribution in [-0.4, -0.2) is 54.2 Å². The van der Waals surface area contributed by atoms with Crippen molar-refractivity contribution < 1.29 is 24.0 Å². The molecule has 1 aliphatic rings. The lowest BCUT2D eigenvalue weighted by Crippen LogP contribution is -2.51. The number of allylic oxidation sites excluding steroid dienone is 4. The minimum Gasteiger partial charge on any atom is -0.496 e. The third kappa shape index (κ3) is 10.3. The Labute approximate surface area is 241 Å². The molecule has 1 unspecified atom stereocenters. The van der Waals surface area contributed by atoms with Gasteiger partial charge >= 0.3 is 0 Å². The molecule has 1 aromatic carbocycles. The van der Waals surface area contributed by atoms with Crippen LogP contribution in [0.25, 0.3) is 0 Å². The maximum atomic E-state index is 13.0. The number of aliphatic imine (C=N–C) groups is 1. The van der Waals surface area contributed by atoms with Gasteiger partial charge in [0.1, 0.15) is 11.8 Å². The van der Waals surface area contributed by atoms with Crippen LogP contribution in [0.4, 0.5) is 0 Å². The number of nitrogens with zero attached hydrogens (tertiary/aromatic N) is 1. The molecule has 9 nitrogen and oxygen atoms in total. The Kier molecular flexibility index (Phi) is 13.2. The Balaban J connectivity index is 1.95. The zero-order valence-electron chi connectivity index (χ0n) is 24.3. The summed E-state index contributed by atoms with van der Waals surface area (Å²) in [6.07, 6.45) is 7.32. The Hall–Kier alpha value is -3.37. The monoisotopic (exact) mass is 570 g/mol. The minimum atomic E-state index is -0.809. The molecule has 0 aliphatic heterocycles. The molecule has 0 fully saturated rings. The fourth-order valence-electron chi connectivity index (χ4n) is 4.03. The van der Waals surface area contributed by atoms with Gasteiger partial charge in [-0.05, 0) is 49.0 Å². The summed E-state index contributed by atoms with van der Waals surface area (Å²) in [6, 6.07) is 4.27. The number of hydrogen-bond acceptors (Lipinski definition) is 8. The van der Waals surface area contributed by atoms with Crippen molar-refractivity contribution in [3.63, 3.8) is 0 Å². The number of amides is 2. The molecule has 4 N–H and O–H groups in total. The Morgan fingerprint density at radius 1 is 1.23 bits per heavy atom. The standard InChI is InChI=1S/C30H42N4O5S/c1-18(2)21-8-11-25(12-9-21)40-17-24(35)16-32-29(37)28(19(3)4)34-27(36)15-23-14-22(10-13-26(23)38-7)30(39-31)33-20(5)6/h8-11,13-14,18-19,25,28H,5,12,15-17,31H2,1-4,6-7H3,(H,32,37)(H,34,36)/b33-30-/t25?,28-/m0/s1. The van der Waals surface area contributed by atoms with E-state index in [1.165, 1.54) is 12.7 Å². The van der Waals surface area contributed by atoms with Crippen molar-refractivity contribution in [2.45, 2.75) is 58.8 Å². The number of carbonyl (C=O) groups is 3. The fourth-order valence-corrected chi connectivity index (χ4v) is 4.95. The quantitative estimate of drug-likeness (QED) is 0.176. The van der Waals surface area contributed by atoms with E-state index in [2.05, 4.69) is 54.3 Å². The van der Waals surface area contributed by atoms with Crippen LogP contribution in [0.3, 0.4) is 0 Å². The second-order valence-corrected chi connectivity index (χ2v) is 11.5. The number of hydrogen-bond donors (Lipinski definition) is 3. The number of nitrogens with one attached hydrogen (secondary N) is 2. The van der Waals surface area contributed by atoms with E-state index in [1.54, 1.807) is 36.9 Å². The van der Waals surface area contributed by atoms with E-state index in [0.717, 1.165) is 6.42 Å². The van der Waals surface area contributed by atoms with Gasteiger partial charge in [-0.25, -0.2) is 4.99 Å². The highest BCUT2D eigenvalue weighted by molar-refractivity contribution is 8.00. The van der Waals surface area contributed by atoms with Crippen molar-refractivity contribution in [1.82, 2.24) is 10.6 Å². The molecule has 2 atom stereocenters. The normalized spacial score (nSPS) is 15.9. The Bertz CT molecular complexity index is 1170. The summed E-state index contributed by atoms with van der Waals surface area (Å²) in [7, 11) is 1.50. The van der Waals surface area contributed by atoms with E-state index < -0.39 is 11.9 Å². The van der Waals surface area contributed by atoms with Gasteiger partial charge in [0.2, 0.25) is 17.7 Å². The van der Waals surface area contributed by atoms with Gasteiger partial charge in [0.25, 0.3) is 0 Å². The molecule has 0 radical (unpaired) electrons. The highest BCUT2D eigenvalue weighted by atomic mass is 32.2. The molecule has 0 saturated heterocycles. The number of carbonyl (C=O) groups excluding carboxylic acids is 3. The van der Waals surface area contributed by atoms with E-state index in [0.29, 0.717) is 34.2 Å². The first kappa shape index (κ1) is 32.8. The predicted molar refractivity (Wildman–Crippen MR) is 161 cm³/mol. The molecular weight excluding hydrogens is 528 g/mol. The third-order valence-electron chi connectivity index (χ3n) is 6.22. The maximum Gasteiger partial charge on any atom is 0.244 e. The number of benzene rings is 1. The molecule has 0 saturated carbocycles. The first-order valence-electron chi connectivity index (χ1n) is 13.3. The van der Waals surface area contributed by atoms with Crippen molar-refractivity contribution in [1.29, 1.82) is 0 Å². The third-order valence-corrected chi connectivity index (χ3v) is 7.49. The highest BCUT2D eigenvalue weighted by Gasteiger charge is 2.25. The zero-order valence-corrected chi connectivity index (χ0v) is 25.1. The molecule has 1 aliphatic carbocycles. The lowest BCUT2D eigenvalue weighted by Gasteiger charge is -2.22. The first-order chi connectivity index (χ1) is 18.9. The molecule has 0 heterocycles. The molecule has 0 bridgehead atoms. The van der Waals surface area contributed by atoms with Gasteiger partial charge in [-0.3, -0.25) is 14.4 Å². The van der Waals surface area contributed by atoms with Gasteiger partial charge in [-0.2, -0.15) is 5.90 Å². The minimum absolute atomic E-state index is 0.0596. The molecular formula is C30H42N4O5S. The van der Waals surface area contributed by atoms with Crippen LogP contribution in [0, 0.1) is 11.8 Å².